The highest BCUT2D eigenvalue weighted by Gasteiger charge is 2.21. The molecule has 0 saturated heterocycles. The fourth-order valence-electron chi connectivity index (χ4n) is 1.80. The van der Waals surface area contributed by atoms with E-state index in [1.165, 1.54) is 4.90 Å². The number of carbonyl (C=O) groups excluding carboxylic acids is 2. The number of carbonyl (C=O) groups is 2. The van der Waals surface area contributed by atoms with Crippen LogP contribution < -0.4 is 5.32 Å². The van der Waals surface area contributed by atoms with E-state index in [-0.39, 0.29) is 23.6 Å². The molecule has 8 nitrogen and oxygen atoms in total. The molecule has 0 aliphatic rings. The second-order valence-corrected chi connectivity index (χ2v) is 6.43. The lowest BCUT2D eigenvalue weighted by Crippen LogP contribution is -2.39. The third kappa shape index (κ3) is 5.71. The maximum atomic E-state index is 11.9. The van der Waals surface area contributed by atoms with E-state index in [4.69, 9.17) is 4.74 Å². The Morgan fingerprint density at radius 1 is 1.36 bits per heavy atom. The van der Waals surface area contributed by atoms with Crippen LogP contribution in [0, 0.1) is 12.8 Å². The molecular formula is C14H25N5O3. The molecule has 1 aromatic rings. The summed E-state index contributed by atoms with van der Waals surface area (Å²) >= 11 is 0. The minimum Gasteiger partial charge on any atom is -0.444 e. The number of hydrogen-bond donors (Lipinski definition) is 2. The first-order valence-electron chi connectivity index (χ1n) is 7.20. The van der Waals surface area contributed by atoms with Gasteiger partial charge in [-0.05, 0) is 33.6 Å². The summed E-state index contributed by atoms with van der Waals surface area (Å²) in [4.78, 5) is 25.3. The fourth-order valence-corrected chi connectivity index (χ4v) is 1.80. The van der Waals surface area contributed by atoms with Crippen LogP contribution in [0.15, 0.2) is 0 Å². The number of rotatable bonds is 5. The Bertz CT molecular complexity index is 521. The summed E-state index contributed by atoms with van der Waals surface area (Å²) in [7, 11) is 1.67. The fraction of sp³-hybridized carbons (Fsp3) is 0.714. The standard InChI is InChI=1S/C14H25N5O3/c1-9(8-19(6)13(21)22-14(3,4)5)7-15-12(20)11-10(2)16-18-17-11/h9H,7-8H2,1-6H3,(H,15,20)(H,16,17,18)/t9-/m0/s1. The first-order chi connectivity index (χ1) is 10.1. The van der Waals surface area contributed by atoms with Gasteiger partial charge < -0.3 is 15.0 Å². The SMILES string of the molecule is Cc1n[nH]nc1C(=O)NC[C@H](C)CN(C)C(=O)OC(C)(C)C. The van der Waals surface area contributed by atoms with Gasteiger partial charge in [0.1, 0.15) is 5.60 Å². The smallest absolute Gasteiger partial charge is 0.410 e. The van der Waals surface area contributed by atoms with E-state index >= 15 is 0 Å². The lowest BCUT2D eigenvalue weighted by Gasteiger charge is -2.26. The van der Waals surface area contributed by atoms with Crippen molar-refractivity contribution < 1.29 is 14.3 Å². The van der Waals surface area contributed by atoms with Gasteiger partial charge in [0.2, 0.25) is 0 Å². The quantitative estimate of drug-likeness (QED) is 0.855. The van der Waals surface area contributed by atoms with Crippen LogP contribution in [0.25, 0.3) is 0 Å². The molecule has 0 unspecified atom stereocenters. The van der Waals surface area contributed by atoms with Crippen LogP contribution in [0.4, 0.5) is 4.79 Å². The Labute approximate surface area is 130 Å². The van der Waals surface area contributed by atoms with E-state index in [0.29, 0.717) is 18.8 Å². The Hall–Kier alpha value is -2.12. The summed E-state index contributed by atoms with van der Waals surface area (Å²) < 4.78 is 5.28. The number of amides is 2. The molecule has 1 rings (SSSR count). The third-order valence-corrected chi connectivity index (χ3v) is 2.84. The monoisotopic (exact) mass is 311 g/mol. The number of nitrogens with one attached hydrogen (secondary N) is 2. The van der Waals surface area contributed by atoms with Crippen molar-refractivity contribution in [2.45, 2.75) is 40.2 Å². The molecule has 0 aliphatic heterocycles. The number of ether oxygens (including phenoxy) is 1. The molecule has 2 N–H and O–H groups in total. The Balaban J connectivity index is 2.40. The predicted octanol–water partition coefficient (Wildman–Crippen LogP) is 1.35. The van der Waals surface area contributed by atoms with Gasteiger partial charge in [-0.2, -0.15) is 15.4 Å². The summed E-state index contributed by atoms with van der Waals surface area (Å²) in [6, 6.07) is 0. The summed E-state index contributed by atoms with van der Waals surface area (Å²) in [5.41, 5.74) is 0.316. The van der Waals surface area contributed by atoms with Gasteiger partial charge in [0.05, 0.1) is 5.69 Å². The van der Waals surface area contributed by atoms with Crippen molar-refractivity contribution in [2.24, 2.45) is 5.92 Å². The number of aryl methyl sites for hydroxylation is 1. The average molecular weight is 311 g/mol. The Morgan fingerprint density at radius 2 is 2.00 bits per heavy atom. The van der Waals surface area contributed by atoms with Crippen LogP contribution in [-0.4, -0.2) is 58.0 Å². The number of aromatic nitrogens is 3. The summed E-state index contributed by atoms with van der Waals surface area (Å²) in [5, 5.41) is 12.8. The molecule has 0 spiro atoms. The first-order valence-corrected chi connectivity index (χ1v) is 7.20. The molecule has 0 aliphatic carbocycles. The zero-order valence-corrected chi connectivity index (χ0v) is 14.1. The maximum Gasteiger partial charge on any atom is 0.410 e. The van der Waals surface area contributed by atoms with Gasteiger partial charge in [-0.15, -0.1) is 0 Å². The topological polar surface area (TPSA) is 100 Å². The molecule has 0 bridgehead atoms. The van der Waals surface area contributed by atoms with Gasteiger partial charge >= 0.3 is 6.09 Å². The van der Waals surface area contributed by atoms with E-state index in [0.717, 1.165) is 0 Å². The summed E-state index contributed by atoms with van der Waals surface area (Å²) in [5.74, 6) is -0.202. The van der Waals surface area contributed by atoms with Crippen LogP contribution in [0.2, 0.25) is 0 Å². The Kier molecular flexibility index (Phi) is 5.90. The molecule has 0 saturated carbocycles. The van der Waals surface area contributed by atoms with Crippen LogP contribution in [0.1, 0.15) is 43.9 Å². The van der Waals surface area contributed by atoms with Gasteiger partial charge in [0.15, 0.2) is 5.69 Å². The molecule has 8 heteroatoms. The van der Waals surface area contributed by atoms with E-state index in [9.17, 15) is 9.59 Å². The molecule has 1 atom stereocenters. The van der Waals surface area contributed by atoms with Gasteiger partial charge in [-0.25, -0.2) is 4.79 Å². The molecule has 2 amide bonds. The van der Waals surface area contributed by atoms with Gasteiger partial charge in [0.25, 0.3) is 5.91 Å². The highest BCUT2D eigenvalue weighted by molar-refractivity contribution is 5.93. The molecular weight excluding hydrogens is 286 g/mol. The number of hydrogen-bond acceptors (Lipinski definition) is 5. The van der Waals surface area contributed by atoms with E-state index < -0.39 is 5.60 Å². The molecule has 124 valence electrons. The second-order valence-electron chi connectivity index (χ2n) is 6.43. The minimum absolute atomic E-state index is 0.0775. The number of aromatic amines is 1. The van der Waals surface area contributed by atoms with Crippen molar-refractivity contribution in [3.63, 3.8) is 0 Å². The predicted molar refractivity (Wildman–Crippen MR) is 81.5 cm³/mol. The van der Waals surface area contributed by atoms with Crippen molar-refractivity contribution in [1.29, 1.82) is 0 Å². The van der Waals surface area contributed by atoms with Crippen LogP contribution >= 0.6 is 0 Å². The molecule has 1 aromatic heterocycles. The van der Waals surface area contributed by atoms with Crippen molar-refractivity contribution in [3.05, 3.63) is 11.4 Å². The molecule has 1 heterocycles. The van der Waals surface area contributed by atoms with Crippen molar-refractivity contribution in [3.8, 4) is 0 Å². The Morgan fingerprint density at radius 3 is 2.50 bits per heavy atom. The van der Waals surface area contributed by atoms with Gasteiger partial charge in [0, 0.05) is 20.1 Å². The maximum absolute atomic E-state index is 11.9. The minimum atomic E-state index is -0.521. The first kappa shape index (κ1) is 17.9. The lowest BCUT2D eigenvalue weighted by molar-refractivity contribution is 0.0277. The largest absolute Gasteiger partial charge is 0.444 e. The summed E-state index contributed by atoms with van der Waals surface area (Å²) in [6.07, 6.45) is -0.377. The van der Waals surface area contributed by atoms with Crippen LogP contribution in [-0.2, 0) is 4.74 Å². The molecule has 0 aromatic carbocycles. The summed E-state index contributed by atoms with van der Waals surface area (Å²) in [6.45, 7) is 10.0. The van der Waals surface area contributed by atoms with Crippen molar-refractivity contribution >= 4 is 12.0 Å². The molecule has 0 radical (unpaired) electrons. The van der Waals surface area contributed by atoms with E-state index in [1.54, 1.807) is 14.0 Å². The van der Waals surface area contributed by atoms with Crippen LogP contribution in [0.5, 0.6) is 0 Å². The highest BCUT2D eigenvalue weighted by atomic mass is 16.6. The van der Waals surface area contributed by atoms with E-state index in [1.807, 2.05) is 27.7 Å². The van der Waals surface area contributed by atoms with Crippen molar-refractivity contribution in [1.82, 2.24) is 25.6 Å². The zero-order chi connectivity index (χ0) is 16.9. The van der Waals surface area contributed by atoms with Crippen LogP contribution in [0.3, 0.4) is 0 Å². The molecule has 22 heavy (non-hydrogen) atoms. The highest BCUT2D eigenvalue weighted by Crippen LogP contribution is 2.10. The average Bonchev–Trinajstić information content (AvgIpc) is 2.80. The van der Waals surface area contributed by atoms with Gasteiger partial charge in [-0.3, -0.25) is 4.79 Å². The third-order valence-electron chi connectivity index (χ3n) is 2.84. The van der Waals surface area contributed by atoms with Crippen molar-refractivity contribution in [2.75, 3.05) is 20.1 Å². The normalized spacial score (nSPS) is 12.6. The second kappa shape index (κ2) is 7.24. The van der Waals surface area contributed by atoms with E-state index in [2.05, 4.69) is 20.7 Å². The molecule has 0 fully saturated rings. The lowest BCUT2D eigenvalue weighted by atomic mass is 10.1. The number of nitrogens with zero attached hydrogens (tertiary/aromatic N) is 3. The zero-order valence-electron chi connectivity index (χ0n) is 14.1. The van der Waals surface area contributed by atoms with Gasteiger partial charge in [-0.1, -0.05) is 6.92 Å². The number of H-pyrrole nitrogens is 1.